The van der Waals surface area contributed by atoms with Crippen LogP contribution in [0, 0.1) is 0 Å². The Labute approximate surface area is 94.9 Å². The summed E-state index contributed by atoms with van der Waals surface area (Å²) in [4.78, 5) is 19.2. The molecule has 3 N–H and O–H groups in total. The molecule has 0 aliphatic rings. The molecule has 0 radical (unpaired) electrons. The summed E-state index contributed by atoms with van der Waals surface area (Å²) in [6, 6.07) is 1.54. The summed E-state index contributed by atoms with van der Waals surface area (Å²) in [6.45, 7) is 4.38. The number of aromatic nitrogens is 2. The smallest absolute Gasteiger partial charge is 0.315 e. The molecule has 6 heteroatoms. The van der Waals surface area contributed by atoms with Crippen molar-refractivity contribution in [3.63, 3.8) is 0 Å². The maximum Gasteiger partial charge on any atom is 0.315 e. The van der Waals surface area contributed by atoms with E-state index in [1.54, 1.807) is 25.5 Å². The van der Waals surface area contributed by atoms with Crippen molar-refractivity contribution in [3.8, 4) is 0 Å². The maximum absolute atomic E-state index is 11.2. The zero-order chi connectivity index (χ0) is 12.0. The number of carbonyl (C=O) groups excluding carboxylic acids is 1. The summed E-state index contributed by atoms with van der Waals surface area (Å²) < 4.78 is 0. The van der Waals surface area contributed by atoms with Crippen molar-refractivity contribution < 1.29 is 4.79 Å². The second-order valence-corrected chi connectivity index (χ2v) is 4.01. The number of nitrogens with one attached hydrogen (secondary N) is 3. The Kier molecular flexibility index (Phi) is 4.04. The fraction of sp³-hybridized carbons (Fsp3) is 0.500. The lowest BCUT2D eigenvalue weighted by molar-refractivity contribution is 0.233. The molecule has 88 valence electrons. The molecule has 0 saturated carbocycles. The monoisotopic (exact) mass is 223 g/mol. The molecule has 0 bridgehead atoms. The van der Waals surface area contributed by atoms with Gasteiger partial charge in [0.1, 0.15) is 0 Å². The van der Waals surface area contributed by atoms with E-state index >= 15 is 0 Å². The Morgan fingerprint density at radius 1 is 1.38 bits per heavy atom. The predicted octanol–water partition coefficient (Wildman–Crippen LogP) is 0.596. The van der Waals surface area contributed by atoms with Crippen LogP contribution in [-0.2, 0) is 0 Å². The van der Waals surface area contributed by atoms with Gasteiger partial charge in [0, 0.05) is 26.0 Å². The first kappa shape index (κ1) is 12.2. The molecule has 0 spiro atoms. The van der Waals surface area contributed by atoms with Crippen molar-refractivity contribution in [2.75, 3.05) is 18.9 Å². The number of hydrogen-bond acceptors (Lipinski definition) is 4. The van der Waals surface area contributed by atoms with Gasteiger partial charge in [0.05, 0.1) is 5.54 Å². The molecule has 0 atom stereocenters. The Morgan fingerprint density at radius 2 is 2.00 bits per heavy atom. The van der Waals surface area contributed by atoms with E-state index in [-0.39, 0.29) is 11.6 Å². The van der Waals surface area contributed by atoms with Gasteiger partial charge in [-0.25, -0.2) is 14.8 Å². The second-order valence-electron chi connectivity index (χ2n) is 4.01. The molecular formula is C10H17N5O. The molecule has 1 heterocycles. The maximum atomic E-state index is 11.2. The van der Waals surface area contributed by atoms with Gasteiger partial charge in [0.15, 0.2) is 0 Å². The first-order valence-electron chi connectivity index (χ1n) is 5.04. The van der Waals surface area contributed by atoms with Crippen LogP contribution in [0.4, 0.5) is 10.7 Å². The fourth-order valence-electron chi connectivity index (χ4n) is 1.10. The third-order valence-electron chi connectivity index (χ3n) is 1.93. The lowest BCUT2D eigenvalue weighted by Gasteiger charge is -2.26. The molecule has 0 aromatic carbocycles. The molecule has 1 aromatic heterocycles. The van der Waals surface area contributed by atoms with E-state index in [9.17, 15) is 4.79 Å². The van der Waals surface area contributed by atoms with Crippen LogP contribution in [0.15, 0.2) is 18.5 Å². The topological polar surface area (TPSA) is 78.9 Å². The van der Waals surface area contributed by atoms with Crippen LogP contribution in [0.5, 0.6) is 0 Å². The van der Waals surface area contributed by atoms with Gasteiger partial charge in [-0.2, -0.15) is 0 Å². The molecule has 1 aromatic rings. The number of nitrogens with zero attached hydrogens (tertiary/aromatic N) is 2. The zero-order valence-corrected chi connectivity index (χ0v) is 9.74. The van der Waals surface area contributed by atoms with Crippen molar-refractivity contribution in [3.05, 3.63) is 18.5 Å². The van der Waals surface area contributed by atoms with E-state index in [1.165, 1.54) is 0 Å². The molecule has 0 fully saturated rings. The second kappa shape index (κ2) is 5.29. The predicted molar refractivity (Wildman–Crippen MR) is 62.2 cm³/mol. The number of rotatable bonds is 4. The molecule has 0 aliphatic carbocycles. The average molecular weight is 223 g/mol. The summed E-state index contributed by atoms with van der Waals surface area (Å²) in [5, 5.41) is 8.37. The van der Waals surface area contributed by atoms with E-state index in [0.29, 0.717) is 12.5 Å². The van der Waals surface area contributed by atoms with Gasteiger partial charge in [0.2, 0.25) is 5.95 Å². The summed E-state index contributed by atoms with van der Waals surface area (Å²) in [7, 11) is 1.58. The summed E-state index contributed by atoms with van der Waals surface area (Å²) in [6.07, 6.45) is 3.32. The summed E-state index contributed by atoms with van der Waals surface area (Å²) in [5.74, 6) is 0.550. The lowest BCUT2D eigenvalue weighted by atomic mass is 10.1. The van der Waals surface area contributed by atoms with Gasteiger partial charge < -0.3 is 16.0 Å². The van der Waals surface area contributed by atoms with E-state index in [2.05, 4.69) is 25.9 Å². The standard InChI is InChI=1S/C10H17N5O/c1-10(2,15-9(16)11-3)7-14-8-12-5-4-6-13-8/h4-6H,7H2,1-3H3,(H2,11,15,16)(H,12,13,14). The summed E-state index contributed by atoms with van der Waals surface area (Å²) >= 11 is 0. The minimum absolute atomic E-state index is 0.208. The van der Waals surface area contributed by atoms with Crippen LogP contribution in [0.3, 0.4) is 0 Å². The minimum atomic E-state index is -0.376. The highest BCUT2D eigenvalue weighted by Crippen LogP contribution is 2.03. The van der Waals surface area contributed by atoms with E-state index < -0.39 is 0 Å². The molecular weight excluding hydrogens is 206 g/mol. The van der Waals surface area contributed by atoms with Crippen LogP contribution in [-0.4, -0.2) is 35.1 Å². The Bertz CT molecular complexity index is 338. The first-order valence-corrected chi connectivity index (χ1v) is 5.04. The molecule has 2 amide bonds. The summed E-state index contributed by atoms with van der Waals surface area (Å²) in [5.41, 5.74) is -0.376. The van der Waals surface area contributed by atoms with E-state index in [1.807, 2.05) is 13.8 Å². The van der Waals surface area contributed by atoms with Crippen molar-refractivity contribution >= 4 is 12.0 Å². The van der Waals surface area contributed by atoms with Crippen molar-refractivity contribution in [2.24, 2.45) is 0 Å². The van der Waals surface area contributed by atoms with Crippen LogP contribution < -0.4 is 16.0 Å². The number of carbonyl (C=O) groups is 1. The van der Waals surface area contributed by atoms with Crippen molar-refractivity contribution in [1.29, 1.82) is 0 Å². The largest absolute Gasteiger partial charge is 0.352 e. The lowest BCUT2D eigenvalue weighted by Crippen LogP contribution is -2.51. The highest BCUT2D eigenvalue weighted by atomic mass is 16.2. The molecule has 6 nitrogen and oxygen atoms in total. The Morgan fingerprint density at radius 3 is 2.56 bits per heavy atom. The van der Waals surface area contributed by atoms with Crippen molar-refractivity contribution in [2.45, 2.75) is 19.4 Å². The van der Waals surface area contributed by atoms with Gasteiger partial charge in [0.25, 0.3) is 0 Å². The average Bonchev–Trinajstić information content (AvgIpc) is 2.27. The zero-order valence-electron chi connectivity index (χ0n) is 9.74. The normalized spacial score (nSPS) is 10.7. The highest BCUT2D eigenvalue weighted by Gasteiger charge is 2.19. The fourth-order valence-corrected chi connectivity index (χ4v) is 1.10. The van der Waals surface area contributed by atoms with E-state index in [0.717, 1.165) is 0 Å². The van der Waals surface area contributed by atoms with Gasteiger partial charge in [-0.1, -0.05) is 0 Å². The Balaban J connectivity index is 2.44. The number of anilines is 1. The highest BCUT2D eigenvalue weighted by molar-refractivity contribution is 5.74. The molecule has 0 aliphatic heterocycles. The molecule has 0 unspecified atom stereocenters. The van der Waals surface area contributed by atoms with Gasteiger partial charge >= 0.3 is 6.03 Å². The third kappa shape index (κ3) is 4.12. The molecule has 0 saturated heterocycles. The van der Waals surface area contributed by atoms with Crippen LogP contribution >= 0.6 is 0 Å². The number of amides is 2. The number of urea groups is 1. The molecule has 16 heavy (non-hydrogen) atoms. The van der Waals surface area contributed by atoms with Crippen LogP contribution in [0.25, 0.3) is 0 Å². The Hall–Kier alpha value is -1.85. The first-order chi connectivity index (χ1) is 7.53. The van der Waals surface area contributed by atoms with Crippen LogP contribution in [0.2, 0.25) is 0 Å². The number of hydrogen-bond donors (Lipinski definition) is 3. The minimum Gasteiger partial charge on any atom is -0.352 e. The quantitative estimate of drug-likeness (QED) is 0.698. The van der Waals surface area contributed by atoms with Gasteiger partial charge in [-0.05, 0) is 19.9 Å². The van der Waals surface area contributed by atoms with Crippen molar-refractivity contribution in [1.82, 2.24) is 20.6 Å². The SMILES string of the molecule is CNC(=O)NC(C)(C)CNc1ncccn1. The van der Waals surface area contributed by atoms with Gasteiger partial charge in [-0.3, -0.25) is 0 Å². The van der Waals surface area contributed by atoms with E-state index in [4.69, 9.17) is 0 Å². The van der Waals surface area contributed by atoms with Crippen LogP contribution in [0.1, 0.15) is 13.8 Å². The van der Waals surface area contributed by atoms with Gasteiger partial charge in [-0.15, -0.1) is 0 Å². The third-order valence-corrected chi connectivity index (χ3v) is 1.93. The molecule has 1 rings (SSSR count).